The summed E-state index contributed by atoms with van der Waals surface area (Å²) in [5, 5.41) is 19.6. The van der Waals surface area contributed by atoms with Crippen molar-refractivity contribution in [2.24, 2.45) is 0 Å². The summed E-state index contributed by atoms with van der Waals surface area (Å²) in [6.45, 7) is 5.28. The summed E-state index contributed by atoms with van der Waals surface area (Å²) in [4.78, 5) is 23.3. The van der Waals surface area contributed by atoms with Gasteiger partial charge in [0.2, 0.25) is 5.91 Å². The maximum atomic E-state index is 11.0. The van der Waals surface area contributed by atoms with Gasteiger partial charge in [0.1, 0.15) is 17.8 Å². The largest absolute Gasteiger partial charge is 0.363 e. The summed E-state index contributed by atoms with van der Waals surface area (Å²) in [6, 6.07) is 21.0. The van der Waals surface area contributed by atoms with E-state index in [0.29, 0.717) is 12.8 Å². The highest BCUT2D eigenvalue weighted by Crippen LogP contribution is 2.29. The van der Waals surface area contributed by atoms with E-state index in [2.05, 4.69) is 80.3 Å². The Morgan fingerprint density at radius 1 is 1.00 bits per heavy atom. The molecule has 9 nitrogen and oxygen atoms in total. The normalized spacial score (nSPS) is 11.9. The molecule has 0 radical (unpaired) electrons. The zero-order valence-corrected chi connectivity index (χ0v) is 20.4. The lowest BCUT2D eigenvalue weighted by Gasteiger charge is -2.15. The molecule has 0 fully saturated rings. The number of benzene rings is 2. The molecule has 2 aromatic heterocycles. The average Bonchev–Trinajstić information content (AvgIpc) is 3.36. The molecule has 4 aromatic rings. The summed E-state index contributed by atoms with van der Waals surface area (Å²) in [5.74, 6) is 0.457. The smallest absolute Gasteiger partial charge is 0.243 e. The van der Waals surface area contributed by atoms with Crippen molar-refractivity contribution in [2.75, 3.05) is 25.0 Å². The van der Waals surface area contributed by atoms with Gasteiger partial charge in [0.25, 0.3) is 0 Å². The zero-order chi connectivity index (χ0) is 25.2. The van der Waals surface area contributed by atoms with Crippen molar-refractivity contribution < 1.29 is 10.0 Å². The molecule has 0 aliphatic heterocycles. The first kappa shape index (κ1) is 25.3. The van der Waals surface area contributed by atoms with Gasteiger partial charge in [-0.2, -0.15) is 0 Å². The van der Waals surface area contributed by atoms with E-state index in [-0.39, 0.29) is 11.9 Å². The Hall–Kier alpha value is -3.79. The molecule has 2 aromatic carbocycles. The number of carbonyl (C=O) groups excluding carboxylic acids is 1. The van der Waals surface area contributed by atoms with Crippen molar-refractivity contribution >= 4 is 22.8 Å². The lowest BCUT2D eigenvalue weighted by molar-refractivity contribution is -0.129. The van der Waals surface area contributed by atoms with E-state index in [9.17, 15) is 4.79 Å². The number of hydrogen-bond acceptors (Lipinski definition) is 7. The number of hydroxylamine groups is 1. The Kier molecular flexibility index (Phi) is 8.98. The molecule has 36 heavy (non-hydrogen) atoms. The highest BCUT2D eigenvalue weighted by molar-refractivity contribution is 5.91. The molecule has 0 saturated heterocycles. The van der Waals surface area contributed by atoms with Crippen LogP contribution in [0.2, 0.25) is 0 Å². The highest BCUT2D eigenvalue weighted by Gasteiger charge is 2.12. The second kappa shape index (κ2) is 12.8. The fraction of sp³-hybridized carbons (Fsp3) is 0.296. The van der Waals surface area contributed by atoms with Gasteiger partial charge in [-0.15, -0.1) is 0 Å². The molecule has 1 amide bonds. The van der Waals surface area contributed by atoms with Gasteiger partial charge in [-0.1, -0.05) is 54.6 Å². The predicted octanol–water partition coefficient (Wildman–Crippen LogP) is 3.76. The summed E-state index contributed by atoms with van der Waals surface area (Å²) in [5.41, 5.74) is 6.94. The molecule has 0 unspecified atom stereocenters. The van der Waals surface area contributed by atoms with Gasteiger partial charge in [-0.25, -0.2) is 15.4 Å². The number of anilines is 1. The fourth-order valence-corrected chi connectivity index (χ4v) is 4.01. The van der Waals surface area contributed by atoms with Crippen molar-refractivity contribution in [1.82, 2.24) is 31.1 Å². The first-order valence-corrected chi connectivity index (χ1v) is 12.2. The lowest BCUT2D eigenvalue weighted by Crippen LogP contribution is -2.28. The molecule has 0 bridgehead atoms. The zero-order valence-electron chi connectivity index (χ0n) is 20.4. The van der Waals surface area contributed by atoms with Crippen molar-refractivity contribution in [3.63, 3.8) is 0 Å². The molecule has 1 atom stereocenters. The monoisotopic (exact) mass is 487 g/mol. The molecule has 9 heteroatoms. The molecule has 6 N–H and O–H groups in total. The minimum absolute atomic E-state index is 0.123. The van der Waals surface area contributed by atoms with Crippen LogP contribution in [0.1, 0.15) is 36.9 Å². The number of nitrogens with one attached hydrogen (secondary N) is 5. The van der Waals surface area contributed by atoms with Crippen LogP contribution >= 0.6 is 0 Å². The van der Waals surface area contributed by atoms with Gasteiger partial charge in [0.05, 0.1) is 5.39 Å². The second-order valence-electron chi connectivity index (χ2n) is 8.71. The Bertz CT molecular complexity index is 1240. The molecule has 0 aliphatic rings. The third-order valence-electron chi connectivity index (χ3n) is 6.03. The van der Waals surface area contributed by atoms with Crippen LogP contribution in [0.4, 0.5) is 5.82 Å². The number of carbonyl (C=O) groups is 1. The molecular weight excluding hydrogens is 454 g/mol. The van der Waals surface area contributed by atoms with Gasteiger partial charge >= 0.3 is 0 Å². The number of hydrogen-bond donors (Lipinski definition) is 6. The van der Waals surface area contributed by atoms with Crippen LogP contribution < -0.4 is 21.4 Å². The minimum atomic E-state index is -0.353. The van der Waals surface area contributed by atoms with Crippen LogP contribution in [0.25, 0.3) is 22.3 Å². The molecule has 0 spiro atoms. The van der Waals surface area contributed by atoms with Gasteiger partial charge in [-0.3, -0.25) is 10.0 Å². The van der Waals surface area contributed by atoms with E-state index in [1.807, 2.05) is 18.2 Å². The van der Waals surface area contributed by atoms with Crippen LogP contribution in [-0.4, -0.2) is 45.7 Å². The van der Waals surface area contributed by atoms with Crippen LogP contribution in [0.15, 0.2) is 67.0 Å². The molecule has 188 valence electrons. The van der Waals surface area contributed by atoms with Crippen molar-refractivity contribution in [3.8, 4) is 11.3 Å². The van der Waals surface area contributed by atoms with Crippen LogP contribution in [0.3, 0.4) is 0 Å². The first-order valence-electron chi connectivity index (χ1n) is 12.2. The Morgan fingerprint density at radius 3 is 2.56 bits per heavy atom. The molecule has 2 heterocycles. The number of H-pyrrole nitrogens is 1. The second-order valence-corrected chi connectivity index (χ2v) is 8.71. The van der Waals surface area contributed by atoms with Crippen molar-refractivity contribution in [3.05, 3.63) is 78.1 Å². The van der Waals surface area contributed by atoms with Crippen molar-refractivity contribution in [2.45, 2.75) is 32.4 Å². The number of amides is 1. The third kappa shape index (κ3) is 6.88. The molecular formula is C27H33N7O2. The van der Waals surface area contributed by atoms with Gasteiger partial charge < -0.3 is 20.9 Å². The van der Waals surface area contributed by atoms with Crippen LogP contribution in [-0.2, 0) is 11.3 Å². The van der Waals surface area contributed by atoms with Gasteiger partial charge in [-0.05, 0) is 42.6 Å². The summed E-state index contributed by atoms with van der Waals surface area (Å²) in [6.07, 6.45) is 2.59. The van der Waals surface area contributed by atoms with E-state index in [1.54, 1.807) is 11.8 Å². The minimum Gasteiger partial charge on any atom is -0.363 e. The average molecular weight is 488 g/mol. The highest BCUT2D eigenvalue weighted by atomic mass is 16.5. The van der Waals surface area contributed by atoms with E-state index in [1.165, 1.54) is 11.1 Å². The predicted molar refractivity (Wildman–Crippen MR) is 142 cm³/mol. The Balaban J connectivity index is 1.29. The van der Waals surface area contributed by atoms with Gasteiger partial charge in [0.15, 0.2) is 0 Å². The SMILES string of the molecule is C[C@@H](Nc1ncnc2[nH]c(-c3ccc(CNCCNCCCC(=O)NO)cc3)cc12)c1ccccc1. The molecule has 4 rings (SSSR count). The number of fused-ring (bicyclic) bond motifs is 1. The standard InChI is InChI=1S/C27H33N7O2/c1-19(21-6-3-2-4-7-21)32-26-23-16-24(33-27(23)31-18-30-26)22-11-9-20(10-12-22)17-29-15-14-28-13-5-8-25(35)34-36/h2-4,6-7,9-12,16,18-19,28-29,36H,5,8,13-15,17H2,1H3,(H,34,35)(H2,30,31,32,33)/t19-/m1/s1. The van der Waals surface area contributed by atoms with E-state index in [4.69, 9.17) is 5.21 Å². The first-order chi connectivity index (χ1) is 17.6. The Labute approximate surface area is 210 Å². The third-order valence-corrected chi connectivity index (χ3v) is 6.03. The fourth-order valence-electron chi connectivity index (χ4n) is 4.01. The maximum Gasteiger partial charge on any atom is 0.243 e. The van der Waals surface area contributed by atoms with Crippen LogP contribution in [0, 0.1) is 0 Å². The molecule has 0 saturated carbocycles. The number of rotatable bonds is 13. The summed E-state index contributed by atoms with van der Waals surface area (Å²) < 4.78 is 0. The van der Waals surface area contributed by atoms with E-state index >= 15 is 0 Å². The van der Waals surface area contributed by atoms with E-state index in [0.717, 1.165) is 54.3 Å². The maximum absolute atomic E-state index is 11.0. The number of aromatic amines is 1. The quantitative estimate of drug-likeness (QED) is 0.0963. The lowest BCUT2D eigenvalue weighted by atomic mass is 10.1. The molecule has 0 aliphatic carbocycles. The topological polar surface area (TPSA) is 127 Å². The number of nitrogens with zero attached hydrogens (tertiary/aromatic N) is 2. The van der Waals surface area contributed by atoms with E-state index < -0.39 is 0 Å². The summed E-state index contributed by atoms with van der Waals surface area (Å²) in [7, 11) is 0. The van der Waals surface area contributed by atoms with Crippen molar-refractivity contribution in [1.29, 1.82) is 0 Å². The number of aromatic nitrogens is 3. The Morgan fingerprint density at radius 2 is 1.78 bits per heavy atom. The summed E-state index contributed by atoms with van der Waals surface area (Å²) >= 11 is 0. The van der Waals surface area contributed by atoms with Gasteiger partial charge in [0, 0.05) is 37.8 Å². The van der Waals surface area contributed by atoms with Crippen LogP contribution in [0.5, 0.6) is 0 Å².